The van der Waals surface area contributed by atoms with Crippen LogP contribution in [0, 0.1) is 18.3 Å². The molecule has 0 aliphatic carbocycles. The molecular formula is C25H22N4O4. The summed E-state index contributed by atoms with van der Waals surface area (Å²) in [5, 5.41) is 12.2. The molecule has 33 heavy (non-hydrogen) atoms. The lowest BCUT2D eigenvalue weighted by Gasteiger charge is -2.18. The van der Waals surface area contributed by atoms with E-state index in [0.717, 1.165) is 5.56 Å². The summed E-state index contributed by atoms with van der Waals surface area (Å²) in [6.07, 6.45) is 3.30. The number of carbonyl (C=O) groups is 1. The number of benzene rings is 2. The van der Waals surface area contributed by atoms with Crippen molar-refractivity contribution in [1.82, 2.24) is 9.36 Å². The van der Waals surface area contributed by atoms with Gasteiger partial charge in [-0.25, -0.2) is 4.68 Å². The minimum absolute atomic E-state index is 0.122. The summed E-state index contributed by atoms with van der Waals surface area (Å²) in [6, 6.07) is 16.5. The van der Waals surface area contributed by atoms with Crippen molar-refractivity contribution in [2.75, 3.05) is 19.0 Å². The minimum atomic E-state index is -0.666. The molecule has 4 rings (SSSR count). The molecule has 3 aromatic rings. The number of anilines is 1. The Morgan fingerprint density at radius 2 is 1.97 bits per heavy atom. The van der Waals surface area contributed by atoms with Gasteiger partial charge in [0.05, 0.1) is 18.5 Å². The third kappa shape index (κ3) is 4.04. The maximum atomic E-state index is 13.0. The van der Waals surface area contributed by atoms with Crippen LogP contribution in [-0.2, 0) is 11.8 Å². The Hall–Kier alpha value is -4.51. The van der Waals surface area contributed by atoms with Crippen LogP contribution >= 0.6 is 0 Å². The summed E-state index contributed by atoms with van der Waals surface area (Å²) in [4.78, 5) is 25.9. The van der Waals surface area contributed by atoms with Gasteiger partial charge >= 0.3 is 0 Å². The lowest BCUT2D eigenvalue weighted by Crippen LogP contribution is -2.23. The third-order valence-electron chi connectivity index (χ3n) is 5.44. The van der Waals surface area contributed by atoms with Crippen LogP contribution in [0.15, 0.2) is 70.5 Å². The Balaban J connectivity index is 1.64. The lowest BCUT2D eigenvalue weighted by molar-refractivity contribution is -0.112. The van der Waals surface area contributed by atoms with Crippen LogP contribution in [0.4, 0.5) is 5.69 Å². The molecule has 0 spiro atoms. The minimum Gasteiger partial charge on any atom is -0.493 e. The fraction of sp³-hybridized carbons (Fsp3) is 0.160. The molecule has 1 aliphatic rings. The van der Waals surface area contributed by atoms with Gasteiger partial charge in [-0.1, -0.05) is 30.3 Å². The third-order valence-corrected chi connectivity index (χ3v) is 5.44. The first-order valence-electron chi connectivity index (χ1n) is 10.2. The van der Waals surface area contributed by atoms with E-state index < -0.39 is 5.91 Å². The molecule has 0 radical (unpaired) electrons. The summed E-state index contributed by atoms with van der Waals surface area (Å²) in [5.74, 6) is 0.557. The van der Waals surface area contributed by atoms with Crippen molar-refractivity contribution in [2.24, 2.45) is 7.05 Å². The van der Waals surface area contributed by atoms with Gasteiger partial charge in [0.1, 0.15) is 23.9 Å². The van der Waals surface area contributed by atoms with Crippen molar-refractivity contribution in [3.8, 4) is 23.3 Å². The molecule has 1 aliphatic heterocycles. The van der Waals surface area contributed by atoms with Gasteiger partial charge < -0.3 is 14.8 Å². The number of aromatic nitrogens is 2. The number of para-hydroxylation sites is 2. The molecular weight excluding hydrogens is 420 g/mol. The van der Waals surface area contributed by atoms with E-state index in [9.17, 15) is 14.9 Å². The smallest absolute Gasteiger partial charge is 0.295 e. The van der Waals surface area contributed by atoms with E-state index in [2.05, 4.69) is 5.32 Å². The second-order valence-corrected chi connectivity index (χ2v) is 7.45. The summed E-state index contributed by atoms with van der Waals surface area (Å²) in [6.45, 7) is 1.91. The molecule has 0 saturated heterocycles. The maximum Gasteiger partial charge on any atom is 0.295 e. The monoisotopic (exact) mass is 442 g/mol. The Bertz CT molecular complexity index is 1390. The van der Waals surface area contributed by atoms with E-state index in [1.54, 1.807) is 44.0 Å². The summed E-state index contributed by atoms with van der Waals surface area (Å²) >= 11 is 0. The number of hydrogen-bond acceptors (Lipinski definition) is 5. The number of amides is 1. The highest BCUT2D eigenvalue weighted by Gasteiger charge is 2.21. The number of fused-ring (bicyclic) bond motifs is 1. The van der Waals surface area contributed by atoms with Gasteiger partial charge in [-0.05, 0) is 42.8 Å². The van der Waals surface area contributed by atoms with Crippen LogP contribution in [0.1, 0.15) is 11.3 Å². The van der Waals surface area contributed by atoms with Crippen molar-refractivity contribution in [1.29, 1.82) is 5.26 Å². The molecule has 1 N–H and O–H groups in total. The predicted octanol–water partition coefficient (Wildman–Crippen LogP) is 3.36. The maximum absolute atomic E-state index is 13.0. The van der Waals surface area contributed by atoms with E-state index in [0.29, 0.717) is 28.5 Å². The number of hydrogen-bond donors (Lipinski definition) is 1. The Kier molecular flexibility index (Phi) is 5.87. The van der Waals surface area contributed by atoms with Crippen LogP contribution < -0.4 is 20.3 Å². The number of nitrogens with zero attached hydrogens (tertiary/aromatic N) is 3. The van der Waals surface area contributed by atoms with Crippen LogP contribution in [0.5, 0.6) is 11.5 Å². The van der Waals surface area contributed by atoms with Gasteiger partial charge in [-0.15, -0.1) is 0 Å². The van der Waals surface area contributed by atoms with Gasteiger partial charge in [0, 0.05) is 12.6 Å². The summed E-state index contributed by atoms with van der Waals surface area (Å²) in [5.41, 5.74) is 2.27. The number of ether oxygens (including phenoxy) is 2. The van der Waals surface area contributed by atoms with Crippen LogP contribution in [0.3, 0.4) is 0 Å². The van der Waals surface area contributed by atoms with Crippen molar-refractivity contribution in [2.45, 2.75) is 6.92 Å². The predicted molar refractivity (Wildman–Crippen MR) is 125 cm³/mol. The average Bonchev–Trinajstić information content (AvgIpc) is 3.05. The second-order valence-electron chi connectivity index (χ2n) is 7.45. The first-order chi connectivity index (χ1) is 15.9. The van der Waals surface area contributed by atoms with Crippen LogP contribution in [0.25, 0.3) is 11.8 Å². The van der Waals surface area contributed by atoms with E-state index in [-0.39, 0.29) is 23.4 Å². The first kappa shape index (κ1) is 21.7. The quantitative estimate of drug-likeness (QED) is 0.483. The largest absolute Gasteiger partial charge is 0.493 e. The van der Waals surface area contributed by atoms with E-state index in [4.69, 9.17) is 9.47 Å². The van der Waals surface area contributed by atoms with Gasteiger partial charge in [0.2, 0.25) is 0 Å². The van der Waals surface area contributed by atoms with E-state index in [1.165, 1.54) is 10.8 Å². The van der Waals surface area contributed by atoms with E-state index >= 15 is 0 Å². The van der Waals surface area contributed by atoms with Crippen molar-refractivity contribution >= 4 is 17.7 Å². The van der Waals surface area contributed by atoms with Gasteiger partial charge in [-0.2, -0.15) is 5.26 Å². The Morgan fingerprint density at radius 3 is 2.67 bits per heavy atom. The molecule has 1 aromatic heterocycles. The first-order valence-corrected chi connectivity index (χ1v) is 10.2. The number of nitriles is 1. The molecule has 0 bridgehead atoms. The molecule has 166 valence electrons. The van der Waals surface area contributed by atoms with Gasteiger partial charge in [-0.3, -0.25) is 14.3 Å². The number of nitrogens with one attached hydrogen (secondary N) is 1. The zero-order valence-corrected chi connectivity index (χ0v) is 18.5. The van der Waals surface area contributed by atoms with Gasteiger partial charge in [0.25, 0.3) is 11.5 Å². The number of rotatable bonds is 5. The summed E-state index contributed by atoms with van der Waals surface area (Å²) < 4.78 is 14.2. The summed E-state index contributed by atoms with van der Waals surface area (Å²) in [7, 11) is 3.30. The molecule has 2 heterocycles. The average molecular weight is 442 g/mol. The Labute approximate surface area is 190 Å². The molecule has 0 unspecified atom stereocenters. The zero-order chi connectivity index (χ0) is 23.5. The molecule has 1 amide bonds. The molecule has 8 heteroatoms. The van der Waals surface area contributed by atoms with Crippen molar-refractivity contribution in [3.63, 3.8) is 0 Å². The topological polar surface area (TPSA) is 98.3 Å². The number of methoxy groups -OCH3 is 1. The van der Waals surface area contributed by atoms with E-state index in [1.807, 2.05) is 42.5 Å². The fourth-order valence-corrected chi connectivity index (χ4v) is 3.67. The second kappa shape index (κ2) is 8.93. The number of carbonyl (C=O) groups excluding carboxylic acids is 1. The zero-order valence-electron chi connectivity index (χ0n) is 18.5. The SMILES string of the molecule is COc1cccc2c1OCC(C=C(C#N)C(=O)Nc1c(C)n(C)n(-c3ccccc3)c1=O)=C2. The van der Waals surface area contributed by atoms with Crippen molar-refractivity contribution in [3.05, 3.63) is 87.4 Å². The lowest BCUT2D eigenvalue weighted by atomic mass is 10.0. The van der Waals surface area contributed by atoms with Crippen LogP contribution in [-0.4, -0.2) is 29.0 Å². The highest BCUT2D eigenvalue weighted by molar-refractivity contribution is 6.07. The standard InChI is InChI=1S/C25H22N4O4/c1-16-22(25(31)29(28(16)2)20-9-5-4-6-10-20)27-24(30)19(14-26)13-17-12-18-8-7-11-21(32-3)23(18)33-15-17/h4-13H,15H2,1-3H3,(H,27,30). The molecule has 0 atom stereocenters. The normalized spacial score (nSPS) is 12.8. The fourth-order valence-electron chi connectivity index (χ4n) is 3.67. The van der Waals surface area contributed by atoms with Crippen LogP contribution in [0.2, 0.25) is 0 Å². The molecule has 0 fully saturated rings. The van der Waals surface area contributed by atoms with Gasteiger partial charge in [0.15, 0.2) is 11.5 Å². The molecule has 2 aromatic carbocycles. The Morgan fingerprint density at radius 1 is 1.21 bits per heavy atom. The van der Waals surface area contributed by atoms with Crippen molar-refractivity contribution < 1.29 is 14.3 Å². The molecule has 0 saturated carbocycles. The highest BCUT2D eigenvalue weighted by Crippen LogP contribution is 2.35. The highest BCUT2D eigenvalue weighted by atomic mass is 16.5. The molecule has 8 nitrogen and oxygen atoms in total.